The normalized spacial score (nSPS) is 30.7. The minimum atomic E-state index is 0. The third kappa shape index (κ3) is 7.21. The first-order valence-corrected chi connectivity index (χ1v) is 12.9. The molecule has 0 amide bonds. The van der Waals surface area contributed by atoms with Crippen molar-refractivity contribution < 1.29 is 4.84 Å². The van der Waals surface area contributed by atoms with Gasteiger partial charge in [-0.2, -0.15) is 5.06 Å². The quantitative estimate of drug-likeness (QED) is 0.186. The molecule has 0 aromatic heterocycles. The molecule has 4 aliphatic carbocycles. The second kappa shape index (κ2) is 11.9. The van der Waals surface area contributed by atoms with Gasteiger partial charge in [0.15, 0.2) is 0 Å². The number of unbranched alkanes of at least 4 members (excludes halogenated alkanes) is 8. The highest BCUT2D eigenvalue weighted by molar-refractivity contribution is 8.93. The molecule has 4 aliphatic rings. The van der Waals surface area contributed by atoms with Gasteiger partial charge in [0.25, 0.3) is 0 Å². The van der Waals surface area contributed by atoms with Gasteiger partial charge in [-0.15, -0.1) is 17.0 Å². The highest BCUT2D eigenvalue weighted by atomic mass is 79.9. The monoisotopic (exact) mass is 471 g/mol. The van der Waals surface area contributed by atoms with Crippen LogP contribution in [0.1, 0.15) is 130 Å². The molecule has 0 aromatic rings. The first-order valence-electron chi connectivity index (χ1n) is 12.9. The van der Waals surface area contributed by atoms with Crippen LogP contribution in [0.5, 0.6) is 0 Å². The smallest absolute Gasteiger partial charge is 0.0907 e. The molecular weight excluding hydrogens is 422 g/mol. The second-order valence-corrected chi connectivity index (χ2v) is 11.3. The van der Waals surface area contributed by atoms with Gasteiger partial charge in [-0.1, -0.05) is 71.6 Å². The summed E-state index contributed by atoms with van der Waals surface area (Å²) in [5.74, 6) is 2.89. The number of hydroxylamine groups is 2. The molecule has 2 nitrogen and oxygen atoms in total. The standard InChI is InChI=1S/C26H49NO.BrH/c1-5-7-8-9-10-11-12-13-14-15-25(3,4)27(6-2)28-26-19-22-16-23(20-26)18-24(17-22)21-26;/h22-24H,5-21H2,1-4H3;1H. The molecule has 3 heteroatoms. The fourth-order valence-corrected chi connectivity index (χ4v) is 6.99. The van der Waals surface area contributed by atoms with Crippen LogP contribution in [0.25, 0.3) is 0 Å². The third-order valence-corrected chi connectivity index (χ3v) is 8.14. The van der Waals surface area contributed by atoms with Crippen LogP contribution in [0.4, 0.5) is 0 Å². The molecule has 0 saturated heterocycles. The van der Waals surface area contributed by atoms with Crippen molar-refractivity contribution in [3.8, 4) is 0 Å². The van der Waals surface area contributed by atoms with Crippen molar-refractivity contribution in [1.29, 1.82) is 0 Å². The van der Waals surface area contributed by atoms with Crippen LogP contribution in [0, 0.1) is 17.8 Å². The Bertz CT molecular complexity index is 428. The Morgan fingerprint density at radius 1 is 0.759 bits per heavy atom. The van der Waals surface area contributed by atoms with Crippen LogP contribution in [-0.2, 0) is 4.84 Å². The Morgan fingerprint density at radius 2 is 1.21 bits per heavy atom. The fourth-order valence-electron chi connectivity index (χ4n) is 6.99. The van der Waals surface area contributed by atoms with Crippen molar-refractivity contribution >= 4 is 17.0 Å². The first-order chi connectivity index (χ1) is 13.5. The lowest BCUT2D eigenvalue weighted by Crippen LogP contribution is -2.57. The molecule has 0 heterocycles. The molecule has 0 atom stereocenters. The molecular formula is C26H50BrNO. The molecule has 4 saturated carbocycles. The van der Waals surface area contributed by atoms with Crippen molar-refractivity contribution in [2.75, 3.05) is 6.54 Å². The zero-order chi connectivity index (χ0) is 20.0. The molecule has 4 rings (SSSR count). The van der Waals surface area contributed by atoms with Crippen molar-refractivity contribution in [2.45, 2.75) is 142 Å². The van der Waals surface area contributed by atoms with Crippen molar-refractivity contribution in [1.82, 2.24) is 5.06 Å². The summed E-state index contributed by atoms with van der Waals surface area (Å²) in [6, 6.07) is 0. The Balaban J connectivity index is 0.00000300. The van der Waals surface area contributed by atoms with Gasteiger partial charge in [0.1, 0.15) is 0 Å². The van der Waals surface area contributed by atoms with Gasteiger partial charge in [0.05, 0.1) is 5.60 Å². The summed E-state index contributed by atoms with van der Waals surface area (Å²) < 4.78 is 0. The minimum Gasteiger partial charge on any atom is -0.292 e. The van der Waals surface area contributed by atoms with Crippen LogP contribution < -0.4 is 0 Å². The van der Waals surface area contributed by atoms with E-state index in [9.17, 15) is 0 Å². The average molecular weight is 473 g/mol. The largest absolute Gasteiger partial charge is 0.292 e. The zero-order valence-electron chi connectivity index (χ0n) is 20.0. The molecule has 0 radical (unpaired) electrons. The molecule has 0 N–H and O–H groups in total. The predicted octanol–water partition coefficient (Wildman–Crippen LogP) is 8.49. The maximum Gasteiger partial charge on any atom is 0.0907 e. The fraction of sp³-hybridized carbons (Fsp3) is 1.00. The molecule has 4 fully saturated rings. The van der Waals surface area contributed by atoms with Gasteiger partial charge in [0, 0.05) is 12.1 Å². The van der Waals surface area contributed by atoms with E-state index >= 15 is 0 Å². The molecule has 0 spiro atoms. The molecule has 4 bridgehead atoms. The predicted molar refractivity (Wildman–Crippen MR) is 131 cm³/mol. The molecule has 172 valence electrons. The number of hydrogen-bond donors (Lipinski definition) is 0. The summed E-state index contributed by atoms with van der Waals surface area (Å²) in [4.78, 5) is 6.93. The summed E-state index contributed by atoms with van der Waals surface area (Å²) in [6.45, 7) is 10.4. The van der Waals surface area contributed by atoms with E-state index in [0.717, 1.165) is 24.3 Å². The van der Waals surface area contributed by atoms with Gasteiger partial charge in [0.2, 0.25) is 0 Å². The van der Waals surface area contributed by atoms with E-state index in [1.807, 2.05) is 0 Å². The highest BCUT2D eigenvalue weighted by Crippen LogP contribution is 2.57. The number of rotatable bonds is 14. The average Bonchev–Trinajstić information content (AvgIpc) is 2.63. The zero-order valence-corrected chi connectivity index (χ0v) is 21.7. The maximum absolute atomic E-state index is 6.93. The Labute approximate surface area is 192 Å². The Hall–Kier alpha value is 0.400. The van der Waals surface area contributed by atoms with E-state index in [0.29, 0.717) is 0 Å². The summed E-state index contributed by atoms with van der Waals surface area (Å²) in [6.07, 6.45) is 22.5. The van der Waals surface area contributed by atoms with Gasteiger partial charge < -0.3 is 0 Å². The summed E-state index contributed by atoms with van der Waals surface area (Å²) in [5.41, 5.74) is 0.361. The topological polar surface area (TPSA) is 12.5 Å². The minimum absolute atomic E-state index is 0. The lowest BCUT2D eigenvalue weighted by atomic mass is 9.54. The van der Waals surface area contributed by atoms with Gasteiger partial charge in [-0.05, 0) is 76.5 Å². The number of halogens is 1. The van der Waals surface area contributed by atoms with E-state index < -0.39 is 0 Å². The van der Waals surface area contributed by atoms with Gasteiger partial charge in [-0.3, -0.25) is 4.84 Å². The SMILES string of the molecule is Br.CCCCCCCCCCCC(C)(C)N(CC)OC12CC3CC(CC(C3)C1)C2. The lowest BCUT2D eigenvalue weighted by Gasteiger charge is -2.58. The first kappa shape index (κ1) is 25.7. The van der Waals surface area contributed by atoms with E-state index in [1.54, 1.807) is 0 Å². The number of nitrogens with zero attached hydrogens (tertiary/aromatic N) is 1. The lowest BCUT2D eigenvalue weighted by molar-refractivity contribution is -0.320. The molecule has 0 aliphatic heterocycles. The molecule has 29 heavy (non-hydrogen) atoms. The molecule has 0 unspecified atom stereocenters. The van der Waals surface area contributed by atoms with Crippen molar-refractivity contribution in [3.63, 3.8) is 0 Å². The van der Waals surface area contributed by atoms with Gasteiger partial charge in [-0.25, -0.2) is 0 Å². The van der Waals surface area contributed by atoms with E-state index in [2.05, 4.69) is 32.8 Å². The van der Waals surface area contributed by atoms with E-state index in [-0.39, 0.29) is 28.1 Å². The summed E-state index contributed by atoms with van der Waals surface area (Å²) in [5, 5.41) is 2.39. The van der Waals surface area contributed by atoms with Crippen molar-refractivity contribution in [3.05, 3.63) is 0 Å². The van der Waals surface area contributed by atoms with Crippen LogP contribution in [0.15, 0.2) is 0 Å². The second-order valence-electron chi connectivity index (χ2n) is 11.3. The van der Waals surface area contributed by atoms with Crippen LogP contribution in [-0.4, -0.2) is 22.7 Å². The van der Waals surface area contributed by atoms with E-state index in [1.165, 1.54) is 103 Å². The third-order valence-electron chi connectivity index (χ3n) is 8.14. The number of hydrogen-bond acceptors (Lipinski definition) is 2. The summed E-state index contributed by atoms with van der Waals surface area (Å²) >= 11 is 0. The van der Waals surface area contributed by atoms with Crippen LogP contribution >= 0.6 is 17.0 Å². The maximum atomic E-state index is 6.93. The van der Waals surface area contributed by atoms with Crippen LogP contribution in [0.2, 0.25) is 0 Å². The van der Waals surface area contributed by atoms with Crippen LogP contribution in [0.3, 0.4) is 0 Å². The Morgan fingerprint density at radius 3 is 1.66 bits per heavy atom. The Kier molecular flexibility index (Phi) is 10.5. The van der Waals surface area contributed by atoms with Gasteiger partial charge >= 0.3 is 0 Å². The highest BCUT2D eigenvalue weighted by Gasteiger charge is 2.53. The van der Waals surface area contributed by atoms with E-state index in [4.69, 9.17) is 4.84 Å². The molecule has 0 aromatic carbocycles. The summed E-state index contributed by atoms with van der Waals surface area (Å²) in [7, 11) is 0. The van der Waals surface area contributed by atoms with Crippen molar-refractivity contribution in [2.24, 2.45) is 17.8 Å².